The second-order valence-corrected chi connectivity index (χ2v) is 5.94. The van der Waals surface area contributed by atoms with E-state index in [1.807, 2.05) is 12.1 Å². The van der Waals surface area contributed by atoms with Crippen molar-refractivity contribution in [3.05, 3.63) is 57.6 Å². The fraction of sp³-hybridized carbons (Fsp3) is 0.250. The fourth-order valence-electron chi connectivity index (χ4n) is 2.58. The minimum atomic E-state index is -0.480. The lowest BCUT2D eigenvalue weighted by Crippen LogP contribution is -2.15. The SMILES string of the molecule is Fc1cc(NCc2cccc3c2NCCC3)c(F)cc1Br. The maximum absolute atomic E-state index is 13.8. The third-order valence-corrected chi connectivity index (χ3v) is 4.25. The summed E-state index contributed by atoms with van der Waals surface area (Å²) in [6.07, 6.45) is 2.17. The molecule has 3 rings (SSSR count). The molecule has 2 nitrogen and oxygen atoms in total. The Hall–Kier alpha value is -1.62. The largest absolute Gasteiger partial charge is 0.385 e. The summed E-state index contributed by atoms with van der Waals surface area (Å²) in [5.41, 5.74) is 3.64. The molecule has 21 heavy (non-hydrogen) atoms. The average molecular weight is 353 g/mol. The Labute approximate surface area is 130 Å². The molecule has 0 aliphatic carbocycles. The first-order chi connectivity index (χ1) is 10.1. The van der Waals surface area contributed by atoms with Crippen molar-refractivity contribution in [2.75, 3.05) is 17.2 Å². The van der Waals surface area contributed by atoms with E-state index in [0.29, 0.717) is 6.54 Å². The van der Waals surface area contributed by atoms with E-state index in [1.54, 1.807) is 0 Å². The molecule has 1 heterocycles. The summed E-state index contributed by atoms with van der Waals surface area (Å²) in [6.45, 7) is 1.40. The number of fused-ring (bicyclic) bond motifs is 1. The van der Waals surface area contributed by atoms with Crippen LogP contribution in [0.15, 0.2) is 34.8 Å². The second kappa shape index (κ2) is 6.02. The molecule has 0 fully saturated rings. The van der Waals surface area contributed by atoms with Gasteiger partial charge in [0.15, 0.2) is 0 Å². The summed E-state index contributed by atoms with van der Waals surface area (Å²) in [5.74, 6) is -0.951. The molecule has 0 radical (unpaired) electrons. The van der Waals surface area contributed by atoms with Gasteiger partial charge in [0.1, 0.15) is 11.6 Å². The average Bonchev–Trinajstić information content (AvgIpc) is 2.49. The van der Waals surface area contributed by atoms with Crippen molar-refractivity contribution in [3.8, 4) is 0 Å². The number of hydrogen-bond acceptors (Lipinski definition) is 2. The van der Waals surface area contributed by atoms with Crippen LogP contribution in [0.25, 0.3) is 0 Å². The number of rotatable bonds is 3. The number of benzene rings is 2. The minimum absolute atomic E-state index is 0.129. The maximum Gasteiger partial charge on any atom is 0.147 e. The molecule has 2 N–H and O–H groups in total. The van der Waals surface area contributed by atoms with Gasteiger partial charge in [0.2, 0.25) is 0 Å². The van der Waals surface area contributed by atoms with Crippen molar-refractivity contribution >= 4 is 27.3 Å². The van der Waals surface area contributed by atoms with Crippen LogP contribution in [0.4, 0.5) is 20.2 Å². The normalized spacial score (nSPS) is 13.5. The first kappa shape index (κ1) is 14.3. The van der Waals surface area contributed by atoms with E-state index in [0.717, 1.165) is 36.7 Å². The van der Waals surface area contributed by atoms with Gasteiger partial charge in [-0.05, 0) is 46.0 Å². The van der Waals surface area contributed by atoms with Crippen molar-refractivity contribution in [2.24, 2.45) is 0 Å². The van der Waals surface area contributed by atoms with Gasteiger partial charge >= 0.3 is 0 Å². The zero-order valence-corrected chi connectivity index (χ0v) is 12.9. The molecule has 2 aromatic carbocycles. The summed E-state index contributed by atoms with van der Waals surface area (Å²) in [6, 6.07) is 8.40. The number of aryl methyl sites for hydroxylation is 1. The zero-order chi connectivity index (χ0) is 14.8. The molecule has 1 aliphatic rings. The van der Waals surface area contributed by atoms with Crippen LogP contribution in [0, 0.1) is 11.6 Å². The highest BCUT2D eigenvalue weighted by molar-refractivity contribution is 9.10. The van der Waals surface area contributed by atoms with Crippen LogP contribution in [0.5, 0.6) is 0 Å². The molecule has 1 aliphatic heterocycles. The molecule has 110 valence electrons. The molecule has 0 amide bonds. The number of nitrogens with one attached hydrogen (secondary N) is 2. The first-order valence-corrected chi connectivity index (χ1v) is 7.67. The van der Waals surface area contributed by atoms with Gasteiger partial charge in [0.25, 0.3) is 0 Å². The smallest absolute Gasteiger partial charge is 0.147 e. The number of para-hydroxylation sites is 1. The van der Waals surface area contributed by atoms with Crippen LogP contribution >= 0.6 is 15.9 Å². The fourth-order valence-corrected chi connectivity index (χ4v) is 2.89. The van der Waals surface area contributed by atoms with Gasteiger partial charge in [0.05, 0.1) is 10.2 Å². The van der Waals surface area contributed by atoms with E-state index < -0.39 is 11.6 Å². The standard InChI is InChI=1S/C16H15BrF2N2/c17-12-7-14(19)15(8-13(12)18)21-9-11-4-1-3-10-5-2-6-20-16(10)11/h1,3-4,7-8,20-21H,2,5-6,9H2. The van der Waals surface area contributed by atoms with Gasteiger partial charge < -0.3 is 10.6 Å². The Bertz CT molecular complexity index is 674. The van der Waals surface area contributed by atoms with Crippen LogP contribution in [0.1, 0.15) is 17.5 Å². The molecule has 0 atom stereocenters. The van der Waals surface area contributed by atoms with Crippen molar-refractivity contribution in [1.29, 1.82) is 0 Å². The monoisotopic (exact) mass is 352 g/mol. The summed E-state index contributed by atoms with van der Waals surface area (Å²) >= 11 is 2.97. The van der Waals surface area contributed by atoms with Crippen molar-refractivity contribution < 1.29 is 8.78 Å². The quantitative estimate of drug-likeness (QED) is 0.782. The molecule has 0 saturated heterocycles. The molecule has 5 heteroatoms. The Balaban J connectivity index is 1.81. The van der Waals surface area contributed by atoms with Gasteiger partial charge in [0, 0.05) is 24.8 Å². The molecular weight excluding hydrogens is 338 g/mol. The predicted molar refractivity (Wildman–Crippen MR) is 84.6 cm³/mol. The van der Waals surface area contributed by atoms with Crippen LogP contribution in [0.2, 0.25) is 0 Å². The van der Waals surface area contributed by atoms with E-state index in [-0.39, 0.29) is 10.2 Å². The van der Waals surface area contributed by atoms with Gasteiger partial charge in [-0.15, -0.1) is 0 Å². The summed E-state index contributed by atoms with van der Waals surface area (Å²) in [7, 11) is 0. The molecule has 2 aromatic rings. The minimum Gasteiger partial charge on any atom is -0.385 e. The lowest BCUT2D eigenvalue weighted by Gasteiger charge is -2.21. The lowest BCUT2D eigenvalue weighted by atomic mass is 9.99. The molecule has 0 saturated carbocycles. The van der Waals surface area contributed by atoms with Crippen molar-refractivity contribution in [2.45, 2.75) is 19.4 Å². The third kappa shape index (κ3) is 3.02. The summed E-state index contributed by atoms with van der Waals surface area (Å²) in [5, 5.41) is 6.36. The van der Waals surface area contributed by atoms with Gasteiger partial charge in [-0.1, -0.05) is 18.2 Å². The summed E-state index contributed by atoms with van der Waals surface area (Å²) in [4.78, 5) is 0. The van der Waals surface area contributed by atoms with Gasteiger partial charge in [-0.25, -0.2) is 8.78 Å². The highest BCUT2D eigenvalue weighted by Gasteiger charge is 2.13. The predicted octanol–water partition coefficient (Wildman–Crippen LogP) is 4.70. The maximum atomic E-state index is 13.8. The van der Waals surface area contributed by atoms with Crippen LogP contribution in [-0.4, -0.2) is 6.54 Å². The molecule has 0 unspecified atom stereocenters. The van der Waals surface area contributed by atoms with E-state index in [9.17, 15) is 8.78 Å². The summed E-state index contributed by atoms with van der Waals surface area (Å²) < 4.78 is 27.4. The highest BCUT2D eigenvalue weighted by Crippen LogP contribution is 2.28. The third-order valence-electron chi connectivity index (χ3n) is 3.64. The first-order valence-electron chi connectivity index (χ1n) is 6.88. The van der Waals surface area contributed by atoms with E-state index in [2.05, 4.69) is 32.6 Å². The van der Waals surface area contributed by atoms with E-state index in [1.165, 1.54) is 11.6 Å². The van der Waals surface area contributed by atoms with Gasteiger partial charge in [-0.3, -0.25) is 0 Å². The zero-order valence-electron chi connectivity index (χ0n) is 11.3. The Morgan fingerprint density at radius 2 is 2.05 bits per heavy atom. The second-order valence-electron chi connectivity index (χ2n) is 5.08. The van der Waals surface area contributed by atoms with Crippen molar-refractivity contribution in [1.82, 2.24) is 0 Å². The van der Waals surface area contributed by atoms with E-state index in [4.69, 9.17) is 0 Å². The van der Waals surface area contributed by atoms with Crippen LogP contribution in [-0.2, 0) is 13.0 Å². The Kier molecular flexibility index (Phi) is 4.10. The molecule has 0 spiro atoms. The number of anilines is 2. The van der Waals surface area contributed by atoms with Crippen LogP contribution < -0.4 is 10.6 Å². The molecule has 0 aromatic heterocycles. The van der Waals surface area contributed by atoms with E-state index >= 15 is 0 Å². The molecular formula is C16H15BrF2N2. The topological polar surface area (TPSA) is 24.1 Å². The Morgan fingerprint density at radius 3 is 2.90 bits per heavy atom. The lowest BCUT2D eigenvalue weighted by molar-refractivity contribution is 0.596. The van der Waals surface area contributed by atoms with Crippen molar-refractivity contribution in [3.63, 3.8) is 0 Å². The number of halogens is 3. The van der Waals surface area contributed by atoms with Crippen LogP contribution in [0.3, 0.4) is 0 Å². The highest BCUT2D eigenvalue weighted by atomic mass is 79.9. The molecule has 0 bridgehead atoms. The number of hydrogen-bond donors (Lipinski definition) is 2. The van der Waals surface area contributed by atoms with Gasteiger partial charge in [-0.2, -0.15) is 0 Å². The Morgan fingerprint density at radius 1 is 1.19 bits per heavy atom.